The molecule has 0 aromatic heterocycles. The largest absolute Gasteiger partial charge is 0.398 e. The van der Waals surface area contributed by atoms with Crippen LogP contribution in [0.5, 0.6) is 0 Å². The number of nitrogens with one attached hydrogen (secondary N) is 1. The first-order valence-corrected chi connectivity index (χ1v) is 7.51. The highest BCUT2D eigenvalue weighted by Crippen LogP contribution is 2.18. The van der Waals surface area contributed by atoms with E-state index in [2.05, 4.69) is 17.1 Å². The fourth-order valence-electron chi connectivity index (χ4n) is 2.59. The molecule has 1 heterocycles. The molecule has 1 saturated heterocycles. The third-order valence-electron chi connectivity index (χ3n) is 3.96. The Morgan fingerprint density at radius 3 is 2.95 bits per heavy atom. The molecule has 1 aromatic carbocycles. The zero-order valence-corrected chi connectivity index (χ0v) is 13.1. The number of carbonyl (C=O) groups is 1. The maximum Gasteiger partial charge on any atom is 0.238 e. The van der Waals surface area contributed by atoms with Crippen LogP contribution in [0.3, 0.4) is 0 Å². The third-order valence-corrected chi connectivity index (χ3v) is 3.96. The Labute approximate surface area is 126 Å². The number of carbonyl (C=O) groups excluding carboxylic acids is 1. The number of rotatable bonds is 4. The normalized spacial score (nSPS) is 23.0. The summed E-state index contributed by atoms with van der Waals surface area (Å²) >= 11 is 0. The minimum absolute atomic E-state index is 0.00852. The van der Waals surface area contributed by atoms with Gasteiger partial charge in [-0.05, 0) is 38.0 Å². The SMILES string of the molecule is CCC1COC(C)CN1CC(=O)Nc1ccc(C)c(N)c1. The molecule has 5 heteroatoms. The average Bonchev–Trinajstić information content (AvgIpc) is 2.43. The Balaban J connectivity index is 1.95. The summed E-state index contributed by atoms with van der Waals surface area (Å²) in [6.45, 7) is 7.99. The highest BCUT2D eigenvalue weighted by molar-refractivity contribution is 5.92. The number of nitrogens with zero attached hydrogens (tertiary/aromatic N) is 1. The van der Waals surface area contributed by atoms with E-state index in [1.54, 1.807) is 6.07 Å². The first kappa shape index (κ1) is 15.8. The maximum absolute atomic E-state index is 12.2. The van der Waals surface area contributed by atoms with Crippen molar-refractivity contribution in [1.82, 2.24) is 4.90 Å². The number of benzene rings is 1. The molecule has 2 unspecified atom stereocenters. The van der Waals surface area contributed by atoms with Crippen LogP contribution in [-0.4, -0.2) is 42.6 Å². The lowest BCUT2D eigenvalue weighted by Crippen LogP contribution is -2.51. The second-order valence-electron chi connectivity index (χ2n) is 5.76. The van der Waals surface area contributed by atoms with E-state index in [1.807, 2.05) is 26.0 Å². The molecule has 1 aliphatic heterocycles. The number of hydrogen-bond donors (Lipinski definition) is 2. The zero-order valence-electron chi connectivity index (χ0n) is 13.1. The Hall–Kier alpha value is -1.59. The Morgan fingerprint density at radius 1 is 1.52 bits per heavy atom. The molecule has 21 heavy (non-hydrogen) atoms. The third kappa shape index (κ3) is 4.19. The number of hydrogen-bond acceptors (Lipinski definition) is 4. The van der Waals surface area contributed by atoms with Crippen molar-refractivity contribution in [2.24, 2.45) is 0 Å². The molecular formula is C16H25N3O2. The molecule has 1 amide bonds. The lowest BCUT2D eigenvalue weighted by Gasteiger charge is -2.37. The fraction of sp³-hybridized carbons (Fsp3) is 0.562. The standard InChI is InChI=1S/C16H25N3O2/c1-4-14-10-21-12(3)8-19(14)9-16(20)18-13-6-5-11(2)15(17)7-13/h5-7,12,14H,4,8-10,17H2,1-3H3,(H,18,20). The minimum Gasteiger partial charge on any atom is -0.398 e. The number of morpholine rings is 1. The van der Waals surface area contributed by atoms with Gasteiger partial charge < -0.3 is 15.8 Å². The topological polar surface area (TPSA) is 67.6 Å². The highest BCUT2D eigenvalue weighted by atomic mass is 16.5. The van der Waals surface area contributed by atoms with E-state index in [0.29, 0.717) is 24.9 Å². The zero-order chi connectivity index (χ0) is 15.4. The first-order chi connectivity index (χ1) is 9.99. The maximum atomic E-state index is 12.2. The molecule has 0 bridgehead atoms. The van der Waals surface area contributed by atoms with Crippen LogP contribution < -0.4 is 11.1 Å². The van der Waals surface area contributed by atoms with Crippen LogP contribution in [0, 0.1) is 6.92 Å². The van der Waals surface area contributed by atoms with Gasteiger partial charge in [-0.1, -0.05) is 13.0 Å². The summed E-state index contributed by atoms with van der Waals surface area (Å²) in [6, 6.07) is 5.90. The minimum atomic E-state index is -0.00852. The van der Waals surface area contributed by atoms with Gasteiger partial charge in [0.05, 0.1) is 19.3 Å². The van der Waals surface area contributed by atoms with Crippen LogP contribution in [0.15, 0.2) is 18.2 Å². The van der Waals surface area contributed by atoms with E-state index >= 15 is 0 Å². The van der Waals surface area contributed by atoms with Crippen LogP contribution in [0.25, 0.3) is 0 Å². The number of anilines is 2. The molecule has 0 radical (unpaired) electrons. The van der Waals surface area contributed by atoms with Gasteiger partial charge in [-0.3, -0.25) is 9.69 Å². The van der Waals surface area contributed by atoms with Gasteiger partial charge in [0.15, 0.2) is 0 Å². The van der Waals surface area contributed by atoms with Crippen LogP contribution in [0.1, 0.15) is 25.8 Å². The quantitative estimate of drug-likeness (QED) is 0.833. The average molecular weight is 291 g/mol. The van der Waals surface area contributed by atoms with Crippen molar-refractivity contribution in [2.45, 2.75) is 39.3 Å². The van der Waals surface area contributed by atoms with Gasteiger partial charge in [-0.25, -0.2) is 0 Å². The van der Waals surface area contributed by atoms with E-state index in [-0.39, 0.29) is 12.0 Å². The molecule has 3 N–H and O–H groups in total. The fourth-order valence-corrected chi connectivity index (χ4v) is 2.59. The molecule has 2 atom stereocenters. The molecule has 2 rings (SSSR count). The van der Waals surface area contributed by atoms with Gasteiger partial charge in [-0.2, -0.15) is 0 Å². The summed E-state index contributed by atoms with van der Waals surface area (Å²) in [5, 5.41) is 2.92. The molecule has 0 saturated carbocycles. The Morgan fingerprint density at radius 2 is 2.29 bits per heavy atom. The van der Waals surface area contributed by atoms with E-state index in [4.69, 9.17) is 10.5 Å². The number of nitrogen functional groups attached to an aromatic ring is 1. The Kier molecular flexibility index (Phi) is 5.20. The van der Waals surface area contributed by atoms with Gasteiger partial charge in [0.2, 0.25) is 5.91 Å². The molecule has 0 aliphatic carbocycles. The number of ether oxygens (including phenoxy) is 1. The second-order valence-corrected chi connectivity index (χ2v) is 5.76. The number of aryl methyl sites for hydroxylation is 1. The van der Waals surface area contributed by atoms with Crippen molar-refractivity contribution < 1.29 is 9.53 Å². The summed E-state index contributed by atoms with van der Waals surface area (Å²) in [6.07, 6.45) is 1.16. The van der Waals surface area contributed by atoms with E-state index in [1.165, 1.54) is 0 Å². The highest BCUT2D eigenvalue weighted by Gasteiger charge is 2.26. The summed E-state index contributed by atoms with van der Waals surface area (Å²) in [7, 11) is 0. The molecule has 1 aromatic rings. The second kappa shape index (κ2) is 6.91. The van der Waals surface area contributed by atoms with Crippen molar-refractivity contribution in [3.63, 3.8) is 0 Å². The van der Waals surface area contributed by atoms with Crippen molar-refractivity contribution in [2.75, 3.05) is 30.7 Å². The monoisotopic (exact) mass is 291 g/mol. The molecule has 0 spiro atoms. The predicted octanol–water partition coefficient (Wildman–Crippen LogP) is 2.02. The summed E-state index contributed by atoms with van der Waals surface area (Å²) in [5.41, 5.74) is 8.32. The molecule has 1 aliphatic rings. The van der Waals surface area contributed by atoms with Crippen LogP contribution in [0.2, 0.25) is 0 Å². The van der Waals surface area contributed by atoms with Gasteiger partial charge in [-0.15, -0.1) is 0 Å². The number of amides is 1. The van der Waals surface area contributed by atoms with Gasteiger partial charge in [0.1, 0.15) is 0 Å². The summed E-state index contributed by atoms with van der Waals surface area (Å²) in [5.74, 6) is -0.00852. The van der Waals surface area contributed by atoms with E-state index in [9.17, 15) is 4.79 Å². The smallest absolute Gasteiger partial charge is 0.238 e. The van der Waals surface area contributed by atoms with Crippen molar-refractivity contribution in [3.05, 3.63) is 23.8 Å². The molecule has 5 nitrogen and oxygen atoms in total. The predicted molar refractivity (Wildman–Crippen MR) is 85.3 cm³/mol. The van der Waals surface area contributed by atoms with Gasteiger partial charge in [0, 0.05) is 24.0 Å². The summed E-state index contributed by atoms with van der Waals surface area (Å²) < 4.78 is 5.65. The molecule has 1 fully saturated rings. The molecular weight excluding hydrogens is 266 g/mol. The van der Waals surface area contributed by atoms with E-state index < -0.39 is 0 Å². The van der Waals surface area contributed by atoms with Crippen molar-refractivity contribution in [1.29, 1.82) is 0 Å². The lowest BCUT2D eigenvalue weighted by atomic mass is 10.1. The Bertz CT molecular complexity index is 504. The molecule has 116 valence electrons. The van der Waals surface area contributed by atoms with Gasteiger partial charge in [0.25, 0.3) is 0 Å². The van der Waals surface area contributed by atoms with Crippen molar-refractivity contribution >= 4 is 17.3 Å². The number of nitrogens with two attached hydrogens (primary N) is 1. The van der Waals surface area contributed by atoms with Crippen LogP contribution >= 0.6 is 0 Å². The van der Waals surface area contributed by atoms with E-state index in [0.717, 1.165) is 24.2 Å². The van der Waals surface area contributed by atoms with Crippen LogP contribution in [-0.2, 0) is 9.53 Å². The van der Waals surface area contributed by atoms with Gasteiger partial charge >= 0.3 is 0 Å². The van der Waals surface area contributed by atoms with Crippen LogP contribution in [0.4, 0.5) is 11.4 Å². The summed E-state index contributed by atoms with van der Waals surface area (Å²) in [4.78, 5) is 14.4. The lowest BCUT2D eigenvalue weighted by molar-refractivity contribution is -0.121. The van der Waals surface area contributed by atoms with Crippen molar-refractivity contribution in [3.8, 4) is 0 Å². The first-order valence-electron chi connectivity index (χ1n) is 7.51.